The van der Waals surface area contributed by atoms with Gasteiger partial charge in [-0.15, -0.1) is 0 Å². The highest BCUT2D eigenvalue weighted by molar-refractivity contribution is 7.98. The van der Waals surface area contributed by atoms with Crippen LogP contribution >= 0.6 is 11.8 Å². The summed E-state index contributed by atoms with van der Waals surface area (Å²) in [6.07, 6.45) is 2.44. The van der Waals surface area contributed by atoms with Crippen LogP contribution < -0.4 is 11.1 Å². The van der Waals surface area contributed by atoms with E-state index in [-0.39, 0.29) is 12.3 Å². The second-order valence-electron chi connectivity index (χ2n) is 4.41. The first-order valence-corrected chi connectivity index (χ1v) is 6.45. The van der Waals surface area contributed by atoms with Gasteiger partial charge in [0.05, 0.1) is 0 Å². The van der Waals surface area contributed by atoms with Crippen molar-refractivity contribution in [2.45, 2.75) is 38.3 Å². The maximum absolute atomic E-state index is 11.5. The van der Waals surface area contributed by atoms with Crippen LogP contribution in [0.5, 0.6) is 0 Å². The van der Waals surface area contributed by atoms with E-state index in [1.54, 1.807) is 25.6 Å². The van der Waals surface area contributed by atoms with Gasteiger partial charge in [-0.25, -0.2) is 4.79 Å². The van der Waals surface area contributed by atoms with Crippen LogP contribution in [-0.2, 0) is 9.59 Å². The predicted octanol–water partition coefficient (Wildman–Crippen LogP) is 0.436. The molecule has 5 nitrogen and oxygen atoms in total. The molecule has 0 fully saturated rings. The summed E-state index contributed by atoms with van der Waals surface area (Å²) in [5.41, 5.74) is 5.06. The SMILES string of the molecule is CSCC[C@@H](NC(=O)CC(C)(C)N)C(=O)O. The summed E-state index contributed by atoms with van der Waals surface area (Å²) in [6.45, 7) is 3.45. The highest BCUT2D eigenvalue weighted by Gasteiger charge is 2.22. The number of nitrogens with two attached hydrogens (primary N) is 1. The van der Waals surface area contributed by atoms with Gasteiger partial charge in [0.1, 0.15) is 6.04 Å². The standard InChI is InChI=1S/C10H20N2O3S/c1-10(2,11)6-8(13)12-7(9(14)15)4-5-16-3/h7H,4-6,11H2,1-3H3,(H,12,13)(H,14,15)/t7-/m1/s1. The topological polar surface area (TPSA) is 92.4 Å². The molecule has 0 aliphatic heterocycles. The third-order valence-electron chi connectivity index (χ3n) is 1.86. The van der Waals surface area contributed by atoms with Crippen LogP contribution in [0.2, 0.25) is 0 Å². The molecule has 0 heterocycles. The summed E-state index contributed by atoms with van der Waals surface area (Å²) in [4.78, 5) is 22.3. The van der Waals surface area contributed by atoms with E-state index >= 15 is 0 Å². The van der Waals surface area contributed by atoms with E-state index in [0.717, 1.165) is 0 Å². The lowest BCUT2D eigenvalue weighted by atomic mass is 10.0. The summed E-state index contributed by atoms with van der Waals surface area (Å²) in [5.74, 6) is -0.623. The van der Waals surface area contributed by atoms with Crippen molar-refractivity contribution in [2.24, 2.45) is 5.73 Å². The molecule has 16 heavy (non-hydrogen) atoms. The number of carbonyl (C=O) groups is 2. The number of nitrogens with one attached hydrogen (secondary N) is 1. The number of carbonyl (C=O) groups excluding carboxylic acids is 1. The van der Waals surface area contributed by atoms with Crippen LogP contribution in [0.1, 0.15) is 26.7 Å². The maximum atomic E-state index is 11.5. The lowest BCUT2D eigenvalue weighted by Crippen LogP contribution is -2.45. The molecule has 0 saturated heterocycles. The number of aliphatic carboxylic acids is 1. The van der Waals surface area contributed by atoms with Gasteiger partial charge >= 0.3 is 5.97 Å². The number of hydrogen-bond donors (Lipinski definition) is 3. The summed E-state index contributed by atoms with van der Waals surface area (Å²) in [7, 11) is 0. The molecule has 0 saturated carbocycles. The molecule has 4 N–H and O–H groups in total. The van der Waals surface area contributed by atoms with Crippen molar-refractivity contribution in [3.63, 3.8) is 0 Å². The minimum atomic E-state index is -1.00. The molecule has 0 aromatic carbocycles. The van der Waals surface area contributed by atoms with Crippen LogP contribution in [0.25, 0.3) is 0 Å². The third kappa shape index (κ3) is 7.53. The van der Waals surface area contributed by atoms with E-state index in [0.29, 0.717) is 12.2 Å². The Bertz CT molecular complexity index is 251. The van der Waals surface area contributed by atoms with Crippen molar-refractivity contribution in [3.05, 3.63) is 0 Å². The van der Waals surface area contributed by atoms with Crippen LogP contribution in [0.15, 0.2) is 0 Å². The van der Waals surface area contributed by atoms with E-state index in [9.17, 15) is 9.59 Å². The van der Waals surface area contributed by atoms with E-state index < -0.39 is 17.6 Å². The highest BCUT2D eigenvalue weighted by atomic mass is 32.2. The van der Waals surface area contributed by atoms with Gasteiger partial charge in [0, 0.05) is 12.0 Å². The Balaban J connectivity index is 4.19. The van der Waals surface area contributed by atoms with Crippen LogP contribution in [0.3, 0.4) is 0 Å². The molecule has 0 aliphatic carbocycles. The van der Waals surface area contributed by atoms with E-state index in [1.807, 2.05) is 6.26 Å². The number of hydrogen-bond acceptors (Lipinski definition) is 4. The smallest absolute Gasteiger partial charge is 0.326 e. The van der Waals surface area contributed by atoms with Gasteiger partial charge in [0.2, 0.25) is 5.91 Å². The van der Waals surface area contributed by atoms with Crippen LogP contribution in [0, 0.1) is 0 Å². The molecule has 0 aliphatic rings. The van der Waals surface area contributed by atoms with E-state index in [2.05, 4.69) is 5.32 Å². The Morgan fingerprint density at radius 2 is 2.06 bits per heavy atom. The zero-order valence-corrected chi connectivity index (χ0v) is 10.8. The first-order valence-electron chi connectivity index (χ1n) is 5.06. The maximum Gasteiger partial charge on any atom is 0.326 e. The van der Waals surface area contributed by atoms with Crippen molar-refractivity contribution in [2.75, 3.05) is 12.0 Å². The number of amides is 1. The van der Waals surface area contributed by atoms with E-state index in [1.165, 1.54) is 0 Å². The average Bonchev–Trinajstić information content (AvgIpc) is 2.08. The van der Waals surface area contributed by atoms with Gasteiger partial charge in [-0.3, -0.25) is 4.79 Å². The highest BCUT2D eigenvalue weighted by Crippen LogP contribution is 2.05. The molecule has 1 atom stereocenters. The number of thioether (sulfide) groups is 1. The zero-order chi connectivity index (χ0) is 12.8. The van der Waals surface area contributed by atoms with Gasteiger partial charge in [0.25, 0.3) is 0 Å². The minimum absolute atomic E-state index is 0.121. The van der Waals surface area contributed by atoms with Gasteiger partial charge in [-0.05, 0) is 32.3 Å². The largest absolute Gasteiger partial charge is 0.480 e. The molecule has 0 spiro atoms. The van der Waals surface area contributed by atoms with Crippen molar-refractivity contribution < 1.29 is 14.7 Å². The van der Waals surface area contributed by atoms with Crippen LogP contribution in [0.4, 0.5) is 0 Å². The Labute approximate surface area is 100 Å². The Morgan fingerprint density at radius 3 is 2.44 bits per heavy atom. The van der Waals surface area contributed by atoms with Crippen molar-refractivity contribution in [1.82, 2.24) is 5.32 Å². The molecule has 6 heteroatoms. The third-order valence-corrected chi connectivity index (χ3v) is 2.50. The molecule has 0 radical (unpaired) electrons. The van der Waals surface area contributed by atoms with E-state index in [4.69, 9.17) is 10.8 Å². The number of carboxylic acid groups (broad SMARTS) is 1. The van der Waals surface area contributed by atoms with Crippen molar-refractivity contribution in [1.29, 1.82) is 0 Å². The summed E-state index contributed by atoms with van der Waals surface area (Å²) in [6, 6.07) is -0.817. The van der Waals surface area contributed by atoms with Crippen molar-refractivity contribution >= 4 is 23.6 Å². The Kier molecular flexibility index (Phi) is 6.43. The molecule has 0 aromatic heterocycles. The molecule has 1 amide bonds. The average molecular weight is 248 g/mol. The first kappa shape index (κ1) is 15.2. The first-order chi connectivity index (χ1) is 7.26. The Morgan fingerprint density at radius 1 is 1.50 bits per heavy atom. The Hall–Kier alpha value is -0.750. The van der Waals surface area contributed by atoms with Gasteiger partial charge in [-0.1, -0.05) is 0 Å². The normalized spacial score (nSPS) is 13.2. The molecular weight excluding hydrogens is 228 g/mol. The fourth-order valence-corrected chi connectivity index (χ4v) is 1.62. The summed E-state index contributed by atoms with van der Waals surface area (Å²) in [5, 5.41) is 11.4. The molecule has 94 valence electrons. The minimum Gasteiger partial charge on any atom is -0.480 e. The lowest BCUT2D eigenvalue weighted by molar-refractivity contribution is -0.142. The second kappa shape index (κ2) is 6.75. The number of rotatable bonds is 7. The fraction of sp³-hybridized carbons (Fsp3) is 0.800. The van der Waals surface area contributed by atoms with Gasteiger partial charge in [-0.2, -0.15) is 11.8 Å². The fourth-order valence-electron chi connectivity index (χ4n) is 1.15. The second-order valence-corrected chi connectivity index (χ2v) is 5.39. The van der Waals surface area contributed by atoms with Gasteiger partial charge < -0.3 is 16.2 Å². The quantitative estimate of drug-likeness (QED) is 0.608. The molecule has 0 bridgehead atoms. The predicted molar refractivity (Wildman–Crippen MR) is 65.4 cm³/mol. The molecule has 0 rings (SSSR count). The van der Waals surface area contributed by atoms with Crippen LogP contribution in [-0.4, -0.2) is 40.6 Å². The zero-order valence-electron chi connectivity index (χ0n) is 9.95. The number of carboxylic acids is 1. The summed E-state index contributed by atoms with van der Waals surface area (Å²) >= 11 is 1.55. The molecule has 0 unspecified atom stereocenters. The molecular formula is C10H20N2O3S. The molecule has 0 aromatic rings. The monoisotopic (exact) mass is 248 g/mol. The van der Waals surface area contributed by atoms with Crippen molar-refractivity contribution in [3.8, 4) is 0 Å². The summed E-state index contributed by atoms with van der Waals surface area (Å²) < 4.78 is 0. The lowest BCUT2D eigenvalue weighted by Gasteiger charge is -2.20. The van der Waals surface area contributed by atoms with Gasteiger partial charge in [0.15, 0.2) is 0 Å².